The van der Waals surface area contributed by atoms with Gasteiger partial charge in [0.25, 0.3) is 5.91 Å². The fourth-order valence-corrected chi connectivity index (χ4v) is 3.23. The Morgan fingerprint density at radius 2 is 2.21 bits per heavy atom. The van der Waals surface area contributed by atoms with Crippen molar-refractivity contribution in [3.8, 4) is 0 Å². The van der Waals surface area contributed by atoms with Crippen LogP contribution in [0.25, 0.3) is 0 Å². The van der Waals surface area contributed by atoms with E-state index in [1.54, 1.807) is 0 Å². The molecule has 2 atom stereocenters. The van der Waals surface area contributed by atoms with Gasteiger partial charge < -0.3 is 14.6 Å². The molecule has 1 amide bonds. The van der Waals surface area contributed by atoms with Crippen LogP contribution in [-0.2, 0) is 6.42 Å². The topological polar surface area (TPSA) is 58.4 Å². The molecule has 5 nitrogen and oxygen atoms in total. The summed E-state index contributed by atoms with van der Waals surface area (Å²) in [6, 6.07) is 0.677. The van der Waals surface area contributed by atoms with Crippen molar-refractivity contribution in [1.82, 2.24) is 15.2 Å². The third-order valence-corrected chi connectivity index (χ3v) is 4.23. The van der Waals surface area contributed by atoms with Gasteiger partial charge in [0.15, 0.2) is 5.89 Å². The number of nitrogens with zero attached hydrogens (tertiary/aromatic N) is 2. The SMILES string of the molecule is CCc1nc(C)c(C(=O)N2[C@H]3CCNC[C@@H]2CC3)o1. The molecule has 19 heavy (non-hydrogen) atoms. The molecule has 0 saturated carbocycles. The highest BCUT2D eigenvalue weighted by Gasteiger charge is 2.40. The molecule has 2 bridgehead atoms. The van der Waals surface area contributed by atoms with Gasteiger partial charge in [-0.25, -0.2) is 4.98 Å². The summed E-state index contributed by atoms with van der Waals surface area (Å²) in [7, 11) is 0. The molecule has 0 aromatic carbocycles. The van der Waals surface area contributed by atoms with Crippen molar-refractivity contribution < 1.29 is 9.21 Å². The number of nitrogens with one attached hydrogen (secondary N) is 1. The summed E-state index contributed by atoms with van der Waals surface area (Å²) < 4.78 is 5.62. The van der Waals surface area contributed by atoms with Gasteiger partial charge >= 0.3 is 0 Å². The first-order valence-electron chi connectivity index (χ1n) is 7.20. The van der Waals surface area contributed by atoms with Gasteiger partial charge in [0.1, 0.15) is 0 Å². The smallest absolute Gasteiger partial charge is 0.292 e. The molecule has 3 heterocycles. The first-order chi connectivity index (χ1) is 9.20. The zero-order valence-corrected chi connectivity index (χ0v) is 11.6. The number of rotatable bonds is 2. The number of hydrogen-bond acceptors (Lipinski definition) is 4. The van der Waals surface area contributed by atoms with Gasteiger partial charge in [0.2, 0.25) is 5.76 Å². The average Bonchev–Trinajstić information content (AvgIpc) is 2.88. The molecule has 104 valence electrons. The van der Waals surface area contributed by atoms with Crippen LogP contribution < -0.4 is 5.32 Å². The van der Waals surface area contributed by atoms with Crippen LogP contribution in [0.2, 0.25) is 0 Å². The van der Waals surface area contributed by atoms with E-state index in [0.29, 0.717) is 23.7 Å². The largest absolute Gasteiger partial charge is 0.435 e. The number of aryl methyl sites for hydroxylation is 2. The molecule has 5 heteroatoms. The van der Waals surface area contributed by atoms with Gasteiger partial charge in [-0.2, -0.15) is 0 Å². The highest BCUT2D eigenvalue weighted by atomic mass is 16.4. The van der Waals surface area contributed by atoms with Crippen LogP contribution in [0.1, 0.15) is 48.3 Å². The molecule has 0 spiro atoms. The zero-order chi connectivity index (χ0) is 13.4. The van der Waals surface area contributed by atoms with Crippen molar-refractivity contribution in [2.75, 3.05) is 13.1 Å². The molecule has 0 unspecified atom stereocenters. The highest BCUT2D eigenvalue weighted by molar-refractivity contribution is 5.93. The molecule has 0 radical (unpaired) electrons. The number of carbonyl (C=O) groups excluding carboxylic acids is 1. The van der Waals surface area contributed by atoms with Gasteiger partial charge in [-0.05, 0) is 32.7 Å². The Morgan fingerprint density at radius 3 is 2.95 bits per heavy atom. The maximum atomic E-state index is 12.7. The van der Waals surface area contributed by atoms with Crippen molar-refractivity contribution in [2.24, 2.45) is 0 Å². The van der Waals surface area contributed by atoms with E-state index in [2.05, 4.69) is 10.3 Å². The molecule has 2 saturated heterocycles. The standard InChI is InChI=1S/C14H21N3O2/c1-3-12-16-9(2)13(19-12)14(18)17-10-4-5-11(17)8-15-7-6-10/h10-11,15H,3-8H2,1-2H3/t10-,11+/m1/s1. The number of amides is 1. The molecule has 0 aliphatic carbocycles. The molecular formula is C14H21N3O2. The average molecular weight is 263 g/mol. The second-order valence-electron chi connectivity index (χ2n) is 5.47. The summed E-state index contributed by atoms with van der Waals surface area (Å²) in [5, 5.41) is 3.41. The number of hydrogen-bond donors (Lipinski definition) is 1. The Balaban J connectivity index is 1.88. The van der Waals surface area contributed by atoms with Crippen LogP contribution in [0.15, 0.2) is 4.42 Å². The lowest BCUT2D eigenvalue weighted by Gasteiger charge is -2.26. The second kappa shape index (κ2) is 4.96. The Labute approximate surface area is 113 Å². The maximum absolute atomic E-state index is 12.7. The van der Waals surface area contributed by atoms with Crippen molar-refractivity contribution in [2.45, 2.75) is 51.6 Å². The van der Waals surface area contributed by atoms with Crippen molar-refractivity contribution >= 4 is 5.91 Å². The van der Waals surface area contributed by atoms with E-state index < -0.39 is 0 Å². The maximum Gasteiger partial charge on any atom is 0.292 e. The van der Waals surface area contributed by atoms with E-state index in [9.17, 15) is 4.79 Å². The monoisotopic (exact) mass is 263 g/mol. The molecule has 1 aromatic rings. The lowest BCUT2D eigenvalue weighted by atomic mass is 10.1. The van der Waals surface area contributed by atoms with E-state index >= 15 is 0 Å². The lowest BCUT2D eigenvalue weighted by molar-refractivity contribution is 0.0644. The summed E-state index contributed by atoms with van der Waals surface area (Å²) in [5.41, 5.74) is 0.721. The van der Waals surface area contributed by atoms with Gasteiger partial charge in [-0.15, -0.1) is 0 Å². The van der Waals surface area contributed by atoms with E-state index in [1.807, 2.05) is 18.7 Å². The van der Waals surface area contributed by atoms with Crippen LogP contribution >= 0.6 is 0 Å². The fraction of sp³-hybridized carbons (Fsp3) is 0.714. The normalized spacial score (nSPS) is 26.5. The molecule has 1 aromatic heterocycles. The van der Waals surface area contributed by atoms with Gasteiger partial charge in [0, 0.05) is 25.0 Å². The van der Waals surface area contributed by atoms with Gasteiger partial charge in [-0.3, -0.25) is 4.79 Å². The van der Waals surface area contributed by atoms with Crippen molar-refractivity contribution in [1.29, 1.82) is 0 Å². The van der Waals surface area contributed by atoms with Gasteiger partial charge in [0.05, 0.1) is 5.69 Å². The van der Waals surface area contributed by atoms with Crippen molar-refractivity contribution in [3.05, 3.63) is 17.3 Å². The quantitative estimate of drug-likeness (QED) is 0.878. The third-order valence-electron chi connectivity index (χ3n) is 4.23. The minimum absolute atomic E-state index is 0.0286. The first-order valence-corrected chi connectivity index (χ1v) is 7.20. The Bertz CT molecular complexity index is 469. The van der Waals surface area contributed by atoms with Gasteiger partial charge in [-0.1, -0.05) is 6.92 Å². The predicted octanol–water partition coefficient (Wildman–Crippen LogP) is 1.51. The minimum atomic E-state index is 0.0286. The van der Waals surface area contributed by atoms with Crippen LogP contribution in [0, 0.1) is 6.92 Å². The van der Waals surface area contributed by atoms with Crippen LogP contribution in [0.5, 0.6) is 0 Å². The van der Waals surface area contributed by atoms with E-state index in [1.165, 1.54) is 0 Å². The molecule has 2 fully saturated rings. The zero-order valence-electron chi connectivity index (χ0n) is 11.6. The third kappa shape index (κ3) is 2.16. The van der Waals surface area contributed by atoms with E-state index in [0.717, 1.165) is 44.5 Å². The molecule has 1 N–H and O–H groups in total. The van der Waals surface area contributed by atoms with E-state index in [-0.39, 0.29) is 5.91 Å². The Kier molecular flexibility index (Phi) is 3.31. The molecule has 2 aliphatic heterocycles. The number of aromatic nitrogens is 1. The Hall–Kier alpha value is -1.36. The second-order valence-corrected chi connectivity index (χ2v) is 5.47. The minimum Gasteiger partial charge on any atom is -0.435 e. The first kappa shape index (κ1) is 12.7. The highest BCUT2D eigenvalue weighted by Crippen LogP contribution is 2.30. The molecular weight excluding hydrogens is 242 g/mol. The van der Waals surface area contributed by atoms with Crippen LogP contribution in [0.4, 0.5) is 0 Å². The van der Waals surface area contributed by atoms with Crippen LogP contribution in [-0.4, -0.2) is 41.0 Å². The van der Waals surface area contributed by atoms with Crippen molar-refractivity contribution in [3.63, 3.8) is 0 Å². The number of carbonyl (C=O) groups is 1. The summed E-state index contributed by atoms with van der Waals surface area (Å²) in [6.45, 7) is 5.74. The van der Waals surface area contributed by atoms with E-state index in [4.69, 9.17) is 4.42 Å². The molecule has 3 rings (SSSR count). The number of fused-ring (bicyclic) bond motifs is 2. The van der Waals surface area contributed by atoms with Crippen LogP contribution in [0.3, 0.4) is 0 Å². The summed E-state index contributed by atoms with van der Waals surface area (Å²) >= 11 is 0. The number of oxazole rings is 1. The molecule has 2 aliphatic rings. The summed E-state index contributed by atoms with van der Waals surface area (Å²) in [6.07, 6.45) is 3.97. The Morgan fingerprint density at radius 1 is 1.42 bits per heavy atom. The lowest BCUT2D eigenvalue weighted by Crippen LogP contribution is -2.42. The fourth-order valence-electron chi connectivity index (χ4n) is 3.23. The summed E-state index contributed by atoms with van der Waals surface area (Å²) in [5.74, 6) is 1.12. The predicted molar refractivity (Wildman–Crippen MR) is 71.1 cm³/mol. The summed E-state index contributed by atoms with van der Waals surface area (Å²) in [4.78, 5) is 19.1.